The number of alkyl halides is 2. The molecule has 1 fully saturated rings. The molecule has 1 saturated carbocycles. The summed E-state index contributed by atoms with van der Waals surface area (Å²) >= 11 is 3.38. The van der Waals surface area contributed by atoms with Gasteiger partial charge in [0.1, 0.15) is 5.82 Å². The second-order valence-corrected chi connectivity index (χ2v) is 5.90. The van der Waals surface area contributed by atoms with Crippen molar-refractivity contribution < 1.29 is 8.78 Å². The number of H-pyrrole nitrogens is 1. The summed E-state index contributed by atoms with van der Waals surface area (Å²) in [7, 11) is 0. The van der Waals surface area contributed by atoms with Crippen LogP contribution in [0.25, 0.3) is 11.3 Å². The minimum Gasteiger partial charge on any atom is -0.342 e. The van der Waals surface area contributed by atoms with E-state index in [-0.39, 0.29) is 18.8 Å². The zero-order valence-corrected chi connectivity index (χ0v) is 11.8. The second-order valence-electron chi connectivity index (χ2n) is 4.98. The summed E-state index contributed by atoms with van der Waals surface area (Å²) in [4.78, 5) is 7.43. The fourth-order valence-electron chi connectivity index (χ4n) is 2.50. The van der Waals surface area contributed by atoms with Crippen LogP contribution >= 0.6 is 15.9 Å². The molecular formula is C14H13BrF2N2. The molecule has 0 spiro atoms. The van der Waals surface area contributed by atoms with Gasteiger partial charge in [-0.2, -0.15) is 0 Å². The van der Waals surface area contributed by atoms with Gasteiger partial charge in [-0.1, -0.05) is 28.1 Å². The first-order chi connectivity index (χ1) is 9.03. The monoisotopic (exact) mass is 326 g/mol. The molecular weight excluding hydrogens is 314 g/mol. The number of rotatable bonds is 2. The fourth-order valence-corrected chi connectivity index (χ4v) is 2.77. The number of aromatic nitrogens is 2. The SMILES string of the molecule is FC1(F)CC[C@H](c2ncc(-c3ccc(Br)cc3)[nH]2)C1. The van der Waals surface area contributed by atoms with Crippen molar-refractivity contribution in [1.29, 1.82) is 0 Å². The molecule has 0 bridgehead atoms. The topological polar surface area (TPSA) is 28.7 Å². The third kappa shape index (κ3) is 2.71. The predicted octanol–water partition coefficient (Wildman–Crippen LogP) is 4.74. The lowest BCUT2D eigenvalue weighted by Gasteiger charge is -2.07. The molecule has 1 heterocycles. The number of imidazole rings is 1. The van der Waals surface area contributed by atoms with Gasteiger partial charge < -0.3 is 4.98 Å². The summed E-state index contributed by atoms with van der Waals surface area (Å²) in [6, 6.07) is 7.81. The van der Waals surface area contributed by atoms with E-state index in [1.807, 2.05) is 24.3 Å². The highest BCUT2D eigenvalue weighted by molar-refractivity contribution is 9.10. The maximum absolute atomic E-state index is 13.2. The van der Waals surface area contributed by atoms with E-state index in [4.69, 9.17) is 0 Å². The average molecular weight is 327 g/mol. The van der Waals surface area contributed by atoms with Gasteiger partial charge in [-0.15, -0.1) is 0 Å². The molecule has 19 heavy (non-hydrogen) atoms. The minimum atomic E-state index is -2.53. The minimum absolute atomic E-state index is 0.0357. The Morgan fingerprint density at radius 3 is 2.63 bits per heavy atom. The van der Waals surface area contributed by atoms with Crippen LogP contribution in [-0.2, 0) is 0 Å². The van der Waals surface area contributed by atoms with Gasteiger partial charge >= 0.3 is 0 Å². The summed E-state index contributed by atoms with van der Waals surface area (Å²) in [5.74, 6) is -2.01. The molecule has 0 saturated heterocycles. The number of halogens is 3. The highest BCUT2D eigenvalue weighted by atomic mass is 79.9. The van der Waals surface area contributed by atoms with E-state index >= 15 is 0 Å². The number of aromatic amines is 1. The number of nitrogens with zero attached hydrogens (tertiary/aromatic N) is 1. The summed E-state index contributed by atoms with van der Waals surface area (Å²) in [5, 5.41) is 0. The first-order valence-corrected chi connectivity index (χ1v) is 7.01. The molecule has 0 amide bonds. The van der Waals surface area contributed by atoms with Gasteiger partial charge in [-0.05, 0) is 24.1 Å². The van der Waals surface area contributed by atoms with E-state index in [2.05, 4.69) is 25.9 Å². The number of hydrogen-bond acceptors (Lipinski definition) is 1. The molecule has 100 valence electrons. The summed E-state index contributed by atoms with van der Waals surface area (Å²) in [6.45, 7) is 0. The van der Waals surface area contributed by atoms with E-state index < -0.39 is 5.92 Å². The molecule has 1 aliphatic carbocycles. The quantitative estimate of drug-likeness (QED) is 0.848. The molecule has 2 aromatic rings. The highest BCUT2D eigenvalue weighted by Gasteiger charge is 2.41. The molecule has 1 atom stereocenters. The van der Waals surface area contributed by atoms with Crippen LogP contribution in [0.5, 0.6) is 0 Å². The zero-order chi connectivity index (χ0) is 13.5. The fraction of sp³-hybridized carbons (Fsp3) is 0.357. The van der Waals surface area contributed by atoms with Crippen molar-refractivity contribution in [2.75, 3.05) is 0 Å². The van der Waals surface area contributed by atoms with Gasteiger partial charge in [0.2, 0.25) is 5.92 Å². The molecule has 0 radical (unpaired) electrons. The lowest BCUT2D eigenvalue weighted by atomic mass is 10.1. The van der Waals surface area contributed by atoms with Crippen molar-refractivity contribution in [2.24, 2.45) is 0 Å². The normalized spacial score (nSPS) is 21.7. The Balaban J connectivity index is 1.82. The molecule has 1 aromatic carbocycles. The van der Waals surface area contributed by atoms with Crippen molar-refractivity contribution in [3.05, 3.63) is 40.8 Å². The Morgan fingerprint density at radius 1 is 1.26 bits per heavy atom. The maximum Gasteiger partial charge on any atom is 0.248 e. The van der Waals surface area contributed by atoms with Gasteiger partial charge in [-0.25, -0.2) is 13.8 Å². The van der Waals surface area contributed by atoms with Gasteiger partial charge in [0, 0.05) is 23.2 Å². The molecule has 1 aliphatic rings. The van der Waals surface area contributed by atoms with Gasteiger partial charge in [-0.3, -0.25) is 0 Å². The van der Waals surface area contributed by atoms with Crippen LogP contribution in [0.1, 0.15) is 31.0 Å². The molecule has 0 unspecified atom stereocenters. The number of nitrogens with one attached hydrogen (secondary N) is 1. The van der Waals surface area contributed by atoms with Crippen LogP contribution in [0.3, 0.4) is 0 Å². The van der Waals surface area contributed by atoms with Gasteiger partial charge in [0.05, 0.1) is 11.9 Å². The van der Waals surface area contributed by atoms with E-state index in [0.29, 0.717) is 12.2 Å². The van der Waals surface area contributed by atoms with Crippen molar-refractivity contribution in [3.63, 3.8) is 0 Å². The van der Waals surface area contributed by atoms with Crippen molar-refractivity contribution in [1.82, 2.24) is 9.97 Å². The smallest absolute Gasteiger partial charge is 0.248 e. The van der Waals surface area contributed by atoms with Crippen molar-refractivity contribution in [2.45, 2.75) is 31.1 Å². The molecule has 2 nitrogen and oxygen atoms in total. The van der Waals surface area contributed by atoms with Crippen LogP contribution in [0.2, 0.25) is 0 Å². The highest BCUT2D eigenvalue weighted by Crippen LogP contribution is 2.43. The Hall–Kier alpha value is -1.23. The number of benzene rings is 1. The third-order valence-electron chi connectivity index (χ3n) is 3.54. The first kappa shape index (κ1) is 12.8. The molecule has 5 heteroatoms. The Kier molecular flexibility index (Phi) is 3.17. The summed E-state index contributed by atoms with van der Waals surface area (Å²) in [6.07, 6.45) is 2.08. The van der Waals surface area contributed by atoms with Crippen LogP contribution in [-0.4, -0.2) is 15.9 Å². The second kappa shape index (κ2) is 4.71. The summed E-state index contributed by atoms with van der Waals surface area (Å²) < 4.78 is 27.4. The van der Waals surface area contributed by atoms with E-state index in [1.165, 1.54) is 0 Å². The molecule has 0 aliphatic heterocycles. The maximum atomic E-state index is 13.2. The molecule has 1 aromatic heterocycles. The Labute approximate surface area is 118 Å². The largest absolute Gasteiger partial charge is 0.342 e. The van der Waals surface area contributed by atoms with Gasteiger partial charge in [0.25, 0.3) is 0 Å². The van der Waals surface area contributed by atoms with Gasteiger partial charge in [0.15, 0.2) is 0 Å². The van der Waals surface area contributed by atoms with Crippen molar-refractivity contribution >= 4 is 15.9 Å². The summed E-state index contributed by atoms with van der Waals surface area (Å²) in [5.41, 5.74) is 1.88. The lowest BCUT2D eigenvalue weighted by molar-refractivity contribution is 0.00756. The van der Waals surface area contributed by atoms with Crippen LogP contribution in [0.15, 0.2) is 34.9 Å². The van der Waals surface area contributed by atoms with E-state index in [1.54, 1.807) is 6.20 Å². The first-order valence-electron chi connectivity index (χ1n) is 6.22. The molecule has 1 N–H and O–H groups in total. The Morgan fingerprint density at radius 2 is 2.00 bits per heavy atom. The Bertz CT molecular complexity index is 577. The van der Waals surface area contributed by atoms with E-state index in [9.17, 15) is 8.78 Å². The lowest BCUT2D eigenvalue weighted by Crippen LogP contribution is -2.09. The van der Waals surface area contributed by atoms with Crippen LogP contribution < -0.4 is 0 Å². The number of hydrogen-bond donors (Lipinski definition) is 1. The average Bonchev–Trinajstić information content (AvgIpc) is 2.96. The van der Waals surface area contributed by atoms with Crippen LogP contribution in [0.4, 0.5) is 8.78 Å². The van der Waals surface area contributed by atoms with E-state index in [0.717, 1.165) is 15.7 Å². The standard InChI is InChI=1S/C14H13BrF2N2/c15-11-3-1-9(2-4-11)12-8-18-13(19-12)10-5-6-14(16,17)7-10/h1-4,8,10H,5-7H2,(H,18,19)/t10-/m0/s1. The zero-order valence-electron chi connectivity index (χ0n) is 10.2. The predicted molar refractivity (Wildman–Crippen MR) is 73.3 cm³/mol. The van der Waals surface area contributed by atoms with Crippen LogP contribution in [0, 0.1) is 0 Å². The van der Waals surface area contributed by atoms with Crippen molar-refractivity contribution in [3.8, 4) is 11.3 Å². The molecule has 3 rings (SSSR count). The third-order valence-corrected chi connectivity index (χ3v) is 4.07.